The van der Waals surface area contributed by atoms with E-state index in [1.54, 1.807) is 0 Å². The van der Waals surface area contributed by atoms with E-state index in [0.717, 1.165) is 18.4 Å². The van der Waals surface area contributed by atoms with E-state index >= 15 is 0 Å². The second-order valence-electron chi connectivity index (χ2n) is 5.26. The van der Waals surface area contributed by atoms with Crippen LogP contribution in [-0.4, -0.2) is 43.1 Å². The van der Waals surface area contributed by atoms with E-state index in [9.17, 15) is 0 Å². The maximum absolute atomic E-state index is 5.83. The molecule has 96 valence electrons. The molecule has 0 spiro atoms. The fourth-order valence-corrected chi connectivity index (χ4v) is 3.30. The molecule has 0 bridgehead atoms. The zero-order valence-electron chi connectivity index (χ0n) is 11.1. The highest BCUT2D eigenvalue weighted by Crippen LogP contribution is 2.31. The van der Waals surface area contributed by atoms with Crippen LogP contribution in [0.2, 0.25) is 0 Å². The molecule has 1 aliphatic rings. The van der Waals surface area contributed by atoms with E-state index in [-0.39, 0.29) is 0 Å². The van der Waals surface area contributed by atoms with Crippen LogP contribution in [0.4, 0.5) is 0 Å². The first-order chi connectivity index (χ1) is 7.69. The van der Waals surface area contributed by atoms with E-state index < -0.39 is 0 Å². The molecule has 0 aliphatic heterocycles. The quantitative estimate of drug-likeness (QED) is 0.746. The van der Waals surface area contributed by atoms with Gasteiger partial charge in [0.2, 0.25) is 0 Å². The highest BCUT2D eigenvalue weighted by atomic mass is 32.2. The summed E-state index contributed by atoms with van der Waals surface area (Å²) < 4.78 is 0. The van der Waals surface area contributed by atoms with E-state index in [4.69, 9.17) is 5.73 Å². The van der Waals surface area contributed by atoms with Gasteiger partial charge in [0, 0.05) is 12.6 Å². The Morgan fingerprint density at radius 3 is 2.69 bits per heavy atom. The molecule has 0 aromatic rings. The average molecular weight is 244 g/mol. The molecule has 16 heavy (non-hydrogen) atoms. The fourth-order valence-electron chi connectivity index (χ4n) is 2.72. The van der Waals surface area contributed by atoms with Gasteiger partial charge in [0.15, 0.2) is 0 Å². The molecule has 0 aromatic heterocycles. The molecule has 0 saturated heterocycles. The summed E-state index contributed by atoms with van der Waals surface area (Å²) in [6, 6.07) is 0.714. The van der Waals surface area contributed by atoms with Crippen molar-refractivity contribution in [3.05, 3.63) is 0 Å². The first-order valence-electron chi connectivity index (χ1n) is 6.58. The molecule has 2 nitrogen and oxygen atoms in total. The van der Waals surface area contributed by atoms with E-state index in [1.165, 1.54) is 38.0 Å². The van der Waals surface area contributed by atoms with Gasteiger partial charge in [-0.25, -0.2) is 0 Å². The smallest absolute Gasteiger partial charge is 0.00718 e. The van der Waals surface area contributed by atoms with Gasteiger partial charge >= 0.3 is 0 Å². The van der Waals surface area contributed by atoms with Crippen LogP contribution < -0.4 is 5.73 Å². The van der Waals surface area contributed by atoms with E-state index in [2.05, 4.69) is 25.1 Å². The lowest BCUT2D eigenvalue weighted by atomic mass is 9.95. The van der Waals surface area contributed by atoms with Gasteiger partial charge in [0.05, 0.1) is 0 Å². The van der Waals surface area contributed by atoms with Gasteiger partial charge in [-0.3, -0.25) is 0 Å². The van der Waals surface area contributed by atoms with E-state index in [0.29, 0.717) is 6.04 Å². The Hall–Kier alpha value is 0.270. The third-order valence-electron chi connectivity index (χ3n) is 4.13. The van der Waals surface area contributed by atoms with Gasteiger partial charge in [-0.1, -0.05) is 6.42 Å². The summed E-state index contributed by atoms with van der Waals surface area (Å²) in [4.78, 5) is 2.54. The van der Waals surface area contributed by atoms with Crippen LogP contribution in [0.25, 0.3) is 0 Å². The highest BCUT2D eigenvalue weighted by molar-refractivity contribution is 7.98. The maximum Gasteiger partial charge on any atom is 0.00718 e. The summed E-state index contributed by atoms with van der Waals surface area (Å²) in [6.45, 7) is 4.48. The van der Waals surface area contributed by atoms with Gasteiger partial charge in [-0.2, -0.15) is 11.8 Å². The monoisotopic (exact) mass is 244 g/mol. The highest BCUT2D eigenvalue weighted by Gasteiger charge is 2.27. The molecule has 3 unspecified atom stereocenters. The molecule has 1 aliphatic carbocycles. The number of hydrogen-bond donors (Lipinski definition) is 1. The molecule has 0 aromatic carbocycles. The Balaban J connectivity index is 2.29. The molecule has 1 rings (SSSR count). The zero-order chi connectivity index (χ0) is 12.0. The molecule has 2 N–H and O–H groups in total. The lowest BCUT2D eigenvalue weighted by Crippen LogP contribution is -2.36. The van der Waals surface area contributed by atoms with Crippen LogP contribution in [-0.2, 0) is 0 Å². The summed E-state index contributed by atoms with van der Waals surface area (Å²) >= 11 is 1.95. The van der Waals surface area contributed by atoms with Crippen LogP contribution in [0.1, 0.15) is 32.6 Å². The summed E-state index contributed by atoms with van der Waals surface area (Å²) in [5, 5.41) is 0. The number of nitrogens with zero attached hydrogens (tertiary/aromatic N) is 1. The minimum absolute atomic E-state index is 0.714. The number of thioether (sulfide) groups is 1. The Bertz CT molecular complexity index is 187. The standard InChI is InChI=1S/C13H28N2S/c1-11(7-8-16-3)15(2)10-13-6-4-5-12(13)9-14/h11-13H,4-10,14H2,1-3H3. The van der Waals surface area contributed by atoms with Crippen LogP contribution in [0, 0.1) is 11.8 Å². The molecule has 1 fully saturated rings. The van der Waals surface area contributed by atoms with Crippen molar-refractivity contribution in [3.63, 3.8) is 0 Å². The third kappa shape index (κ3) is 4.27. The topological polar surface area (TPSA) is 29.3 Å². The average Bonchev–Trinajstić information content (AvgIpc) is 2.72. The molecule has 0 amide bonds. The Kier molecular flexibility index (Phi) is 6.78. The first-order valence-corrected chi connectivity index (χ1v) is 7.97. The Morgan fingerprint density at radius 1 is 1.38 bits per heavy atom. The lowest BCUT2D eigenvalue weighted by Gasteiger charge is -2.29. The molecule has 0 radical (unpaired) electrons. The summed E-state index contributed by atoms with van der Waals surface area (Å²) in [5.74, 6) is 2.91. The summed E-state index contributed by atoms with van der Waals surface area (Å²) in [6.07, 6.45) is 7.63. The van der Waals surface area contributed by atoms with E-state index in [1.807, 2.05) is 11.8 Å². The number of hydrogen-bond acceptors (Lipinski definition) is 3. The molecular weight excluding hydrogens is 216 g/mol. The summed E-state index contributed by atoms with van der Waals surface area (Å²) in [5.41, 5.74) is 5.83. The second-order valence-corrected chi connectivity index (χ2v) is 6.24. The SMILES string of the molecule is CSCCC(C)N(C)CC1CCCC1CN. The molecule has 3 heteroatoms. The zero-order valence-corrected chi connectivity index (χ0v) is 11.9. The van der Waals surface area contributed by atoms with Crippen LogP contribution in [0.3, 0.4) is 0 Å². The van der Waals surface area contributed by atoms with Gasteiger partial charge in [0.25, 0.3) is 0 Å². The normalized spacial score (nSPS) is 27.6. The summed E-state index contributed by atoms with van der Waals surface area (Å²) in [7, 11) is 2.27. The van der Waals surface area contributed by atoms with Crippen molar-refractivity contribution in [2.45, 2.75) is 38.6 Å². The van der Waals surface area contributed by atoms with Crippen LogP contribution in [0.5, 0.6) is 0 Å². The van der Waals surface area contributed by atoms with Gasteiger partial charge in [0.1, 0.15) is 0 Å². The Morgan fingerprint density at radius 2 is 2.06 bits per heavy atom. The second kappa shape index (κ2) is 7.57. The molecule has 3 atom stereocenters. The van der Waals surface area contributed by atoms with Gasteiger partial charge < -0.3 is 10.6 Å². The fraction of sp³-hybridized carbons (Fsp3) is 1.00. The van der Waals surface area contributed by atoms with Crippen molar-refractivity contribution >= 4 is 11.8 Å². The first kappa shape index (κ1) is 14.3. The predicted octanol–water partition coefficient (Wildman–Crippen LogP) is 2.43. The van der Waals surface area contributed by atoms with Crippen LogP contribution in [0.15, 0.2) is 0 Å². The number of rotatable bonds is 7. The Labute approximate surface area is 105 Å². The van der Waals surface area contributed by atoms with Crippen molar-refractivity contribution in [2.24, 2.45) is 17.6 Å². The lowest BCUT2D eigenvalue weighted by molar-refractivity contribution is 0.193. The molecular formula is C13H28N2S. The predicted molar refractivity (Wildman–Crippen MR) is 75.0 cm³/mol. The van der Waals surface area contributed by atoms with Gasteiger partial charge in [-0.05, 0) is 63.6 Å². The van der Waals surface area contributed by atoms with Crippen molar-refractivity contribution in [3.8, 4) is 0 Å². The minimum Gasteiger partial charge on any atom is -0.330 e. The van der Waals surface area contributed by atoms with Gasteiger partial charge in [-0.15, -0.1) is 0 Å². The largest absolute Gasteiger partial charge is 0.330 e. The maximum atomic E-state index is 5.83. The molecule has 1 saturated carbocycles. The van der Waals surface area contributed by atoms with Crippen molar-refractivity contribution in [1.82, 2.24) is 4.90 Å². The minimum atomic E-state index is 0.714. The third-order valence-corrected chi connectivity index (χ3v) is 4.78. The number of nitrogens with two attached hydrogens (primary N) is 1. The van der Waals surface area contributed by atoms with Crippen molar-refractivity contribution < 1.29 is 0 Å². The molecule has 0 heterocycles. The van der Waals surface area contributed by atoms with Crippen molar-refractivity contribution in [1.29, 1.82) is 0 Å². The van der Waals surface area contributed by atoms with Crippen molar-refractivity contribution in [2.75, 3.05) is 32.1 Å². The van der Waals surface area contributed by atoms with Crippen LogP contribution >= 0.6 is 11.8 Å².